The molecule has 0 saturated carbocycles. The average Bonchev–Trinajstić information content (AvgIpc) is 2.07. The maximum Gasteiger partial charge on any atom is -0.00247 e. The molecule has 0 aromatic heterocycles. The summed E-state index contributed by atoms with van der Waals surface area (Å²) in [4.78, 5) is 2.25. The Morgan fingerprint density at radius 1 is 1.17 bits per heavy atom. The molecule has 1 atom stereocenters. The fourth-order valence-corrected chi connectivity index (χ4v) is 0.960. The van der Waals surface area contributed by atoms with Gasteiger partial charge < -0.3 is 4.90 Å². The van der Waals surface area contributed by atoms with Crippen molar-refractivity contribution in [2.24, 2.45) is 5.92 Å². The van der Waals surface area contributed by atoms with Crippen LogP contribution in [0.5, 0.6) is 0 Å². The maximum absolute atomic E-state index is 2.33. The largest absolute Gasteiger partial charge is 0.309 e. The van der Waals surface area contributed by atoms with Gasteiger partial charge in [-0.1, -0.05) is 34.1 Å². The van der Waals surface area contributed by atoms with Gasteiger partial charge in [-0.25, -0.2) is 0 Å². The van der Waals surface area contributed by atoms with E-state index in [1.807, 2.05) is 13.8 Å². The van der Waals surface area contributed by atoms with E-state index in [9.17, 15) is 0 Å². The Kier molecular flexibility index (Phi) is 13.2. The Hall–Kier alpha value is -0.0400. The average molecular weight is 173 g/mol. The van der Waals surface area contributed by atoms with Crippen molar-refractivity contribution in [2.45, 2.75) is 47.0 Å². The molecule has 0 spiro atoms. The molecule has 0 aliphatic rings. The summed E-state index contributed by atoms with van der Waals surface area (Å²) in [5, 5.41) is 0. The highest BCUT2D eigenvalue weighted by Gasteiger charge is 1.97. The molecule has 0 aliphatic heterocycles. The minimum Gasteiger partial charge on any atom is -0.309 e. The van der Waals surface area contributed by atoms with Gasteiger partial charge in [-0.3, -0.25) is 0 Å². The lowest BCUT2D eigenvalue weighted by Crippen LogP contribution is -2.13. The van der Waals surface area contributed by atoms with Crippen LogP contribution in [-0.2, 0) is 0 Å². The van der Waals surface area contributed by atoms with Crippen LogP contribution in [0.3, 0.4) is 0 Å². The van der Waals surface area contributed by atoms with Crippen LogP contribution >= 0.6 is 0 Å². The maximum atomic E-state index is 2.33. The van der Waals surface area contributed by atoms with Gasteiger partial charge in [0.2, 0.25) is 0 Å². The van der Waals surface area contributed by atoms with E-state index in [-0.39, 0.29) is 0 Å². The second kappa shape index (κ2) is 11.0. The zero-order chi connectivity index (χ0) is 9.98. The summed E-state index contributed by atoms with van der Waals surface area (Å²) in [5.74, 6) is 0.917. The summed E-state index contributed by atoms with van der Waals surface area (Å²) in [6.07, 6.45) is 4.06. The smallest absolute Gasteiger partial charge is 0.00247 e. The summed E-state index contributed by atoms with van der Waals surface area (Å²) < 4.78 is 0. The molecule has 0 bridgehead atoms. The second-order valence-electron chi connectivity index (χ2n) is 3.46. The van der Waals surface area contributed by atoms with E-state index in [4.69, 9.17) is 0 Å². The van der Waals surface area contributed by atoms with Crippen LogP contribution in [0.2, 0.25) is 0 Å². The lowest BCUT2D eigenvalue weighted by molar-refractivity contribution is 0.370. The first-order chi connectivity index (χ1) is 5.66. The summed E-state index contributed by atoms with van der Waals surface area (Å²) in [7, 11) is 4.27. The molecule has 0 aromatic carbocycles. The van der Waals surface area contributed by atoms with E-state index in [1.165, 1.54) is 25.8 Å². The van der Waals surface area contributed by atoms with Gasteiger partial charge in [0.15, 0.2) is 0 Å². The van der Waals surface area contributed by atoms with E-state index >= 15 is 0 Å². The Morgan fingerprint density at radius 2 is 1.67 bits per heavy atom. The lowest BCUT2D eigenvalue weighted by Gasteiger charge is -2.11. The topological polar surface area (TPSA) is 3.24 Å². The van der Waals surface area contributed by atoms with Gasteiger partial charge in [-0.2, -0.15) is 0 Å². The Morgan fingerprint density at radius 3 is 2.00 bits per heavy atom. The molecule has 0 aromatic rings. The van der Waals surface area contributed by atoms with E-state index in [0.717, 1.165) is 5.92 Å². The summed E-state index contributed by atoms with van der Waals surface area (Å²) in [5.41, 5.74) is 0. The molecule has 0 amide bonds. The molecule has 0 rings (SSSR count). The molecule has 1 heteroatoms. The monoisotopic (exact) mass is 173 g/mol. The predicted octanol–water partition coefficient (Wildman–Crippen LogP) is 3.40. The van der Waals surface area contributed by atoms with E-state index < -0.39 is 0 Å². The standard InChI is InChI=1S/C9H21N.C2H6/c1-5-9(2)7-6-8-10(3)4;1-2/h9H,5-8H2,1-4H3;1-2H3. The molecule has 0 aliphatic carbocycles. The minimum atomic E-state index is 0.917. The molecule has 0 saturated heterocycles. The van der Waals surface area contributed by atoms with E-state index in [1.54, 1.807) is 0 Å². The first kappa shape index (κ1) is 14.5. The number of hydrogen-bond acceptors (Lipinski definition) is 1. The Bertz CT molecular complexity index is 69.4. The zero-order valence-electron chi connectivity index (χ0n) is 9.85. The number of nitrogens with zero attached hydrogens (tertiary/aromatic N) is 1. The highest BCUT2D eigenvalue weighted by molar-refractivity contribution is 4.51. The quantitative estimate of drug-likeness (QED) is 0.616. The van der Waals surface area contributed by atoms with Gasteiger partial charge in [0.25, 0.3) is 0 Å². The molecule has 0 radical (unpaired) electrons. The van der Waals surface area contributed by atoms with Crippen molar-refractivity contribution >= 4 is 0 Å². The molecule has 12 heavy (non-hydrogen) atoms. The first-order valence-corrected chi connectivity index (χ1v) is 5.31. The van der Waals surface area contributed by atoms with Crippen LogP contribution in [0, 0.1) is 5.92 Å². The summed E-state index contributed by atoms with van der Waals surface area (Å²) >= 11 is 0. The van der Waals surface area contributed by atoms with Crippen LogP contribution < -0.4 is 0 Å². The van der Waals surface area contributed by atoms with E-state index in [0.29, 0.717) is 0 Å². The fourth-order valence-electron chi connectivity index (χ4n) is 0.960. The minimum absolute atomic E-state index is 0.917. The number of rotatable bonds is 5. The van der Waals surface area contributed by atoms with Crippen molar-refractivity contribution in [1.82, 2.24) is 4.90 Å². The highest BCUT2D eigenvalue weighted by Crippen LogP contribution is 2.08. The van der Waals surface area contributed by atoms with E-state index in [2.05, 4.69) is 32.8 Å². The molecule has 0 fully saturated rings. The second-order valence-corrected chi connectivity index (χ2v) is 3.46. The third-order valence-electron chi connectivity index (χ3n) is 2.00. The lowest BCUT2D eigenvalue weighted by atomic mass is 10.0. The molecule has 0 heterocycles. The predicted molar refractivity (Wildman–Crippen MR) is 58.6 cm³/mol. The van der Waals surface area contributed by atoms with Crippen LogP contribution in [0.1, 0.15) is 47.0 Å². The van der Waals surface area contributed by atoms with Crippen LogP contribution in [0.4, 0.5) is 0 Å². The van der Waals surface area contributed by atoms with Crippen LogP contribution in [0.25, 0.3) is 0 Å². The van der Waals surface area contributed by atoms with Gasteiger partial charge in [0.1, 0.15) is 0 Å². The third kappa shape index (κ3) is 12.6. The van der Waals surface area contributed by atoms with Gasteiger partial charge in [0, 0.05) is 0 Å². The molecule has 1 nitrogen and oxygen atoms in total. The van der Waals surface area contributed by atoms with Crippen molar-refractivity contribution in [3.05, 3.63) is 0 Å². The van der Waals surface area contributed by atoms with Crippen LogP contribution in [0.15, 0.2) is 0 Å². The summed E-state index contributed by atoms with van der Waals surface area (Å²) in [6.45, 7) is 9.83. The summed E-state index contributed by atoms with van der Waals surface area (Å²) in [6, 6.07) is 0. The van der Waals surface area contributed by atoms with Crippen LogP contribution in [-0.4, -0.2) is 25.5 Å². The first-order valence-electron chi connectivity index (χ1n) is 5.31. The highest BCUT2D eigenvalue weighted by atomic mass is 15.0. The van der Waals surface area contributed by atoms with Crippen molar-refractivity contribution in [3.63, 3.8) is 0 Å². The van der Waals surface area contributed by atoms with Crippen molar-refractivity contribution in [3.8, 4) is 0 Å². The van der Waals surface area contributed by atoms with Crippen molar-refractivity contribution < 1.29 is 0 Å². The van der Waals surface area contributed by atoms with Gasteiger partial charge in [-0.15, -0.1) is 0 Å². The van der Waals surface area contributed by atoms with Gasteiger partial charge in [-0.05, 0) is 39.4 Å². The molecule has 0 N–H and O–H groups in total. The Labute approximate surface area is 79.2 Å². The molecular weight excluding hydrogens is 146 g/mol. The molecular formula is C11H27N. The Balaban J connectivity index is 0. The van der Waals surface area contributed by atoms with Gasteiger partial charge >= 0.3 is 0 Å². The number of hydrogen-bond donors (Lipinski definition) is 0. The van der Waals surface area contributed by atoms with Gasteiger partial charge in [0.05, 0.1) is 0 Å². The normalized spacial score (nSPS) is 12.2. The van der Waals surface area contributed by atoms with Crippen molar-refractivity contribution in [2.75, 3.05) is 20.6 Å². The fraction of sp³-hybridized carbons (Fsp3) is 1.00. The third-order valence-corrected chi connectivity index (χ3v) is 2.00. The molecule has 76 valence electrons. The van der Waals surface area contributed by atoms with Crippen molar-refractivity contribution in [1.29, 1.82) is 0 Å². The SMILES string of the molecule is CC.CCC(C)CCCN(C)C. The zero-order valence-corrected chi connectivity index (χ0v) is 9.85. The molecule has 1 unspecified atom stereocenters.